The molecule has 1 amide bonds. The first-order chi connectivity index (χ1) is 8.81. The van der Waals surface area contributed by atoms with Gasteiger partial charge in [0.1, 0.15) is 6.10 Å². The van der Waals surface area contributed by atoms with Crippen LogP contribution in [0, 0.1) is 0 Å². The van der Waals surface area contributed by atoms with Gasteiger partial charge in [-0.25, -0.2) is 0 Å². The van der Waals surface area contributed by atoms with E-state index in [1.165, 1.54) is 0 Å². The molecule has 0 radical (unpaired) electrons. The van der Waals surface area contributed by atoms with Crippen LogP contribution in [0.1, 0.15) is 30.9 Å². The topological polar surface area (TPSA) is 58.6 Å². The van der Waals surface area contributed by atoms with E-state index in [1.54, 1.807) is 0 Å². The molecule has 0 aromatic heterocycles. The maximum Gasteiger partial charge on any atom is 0.249 e. The molecule has 2 rings (SSSR count). The maximum atomic E-state index is 12.0. The Hall–Kier alpha value is -1.39. The summed E-state index contributed by atoms with van der Waals surface area (Å²) in [7, 11) is 0. The number of carbonyl (C=O) groups is 1. The van der Waals surface area contributed by atoms with Crippen LogP contribution < -0.4 is 5.32 Å². The summed E-state index contributed by atoms with van der Waals surface area (Å²) >= 11 is 0. The van der Waals surface area contributed by atoms with Crippen molar-refractivity contribution in [3.63, 3.8) is 0 Å². The van der Waals surface area contributed by atoms with Gasteiger partial charge in [-0.2, -0.15) is 0 Å². The number of carbonyl (C=O) groups excluding carboxylic acids is 1. The number of amides is 1. The summed E-state index contributed by atoms with van der Waals surface area (Å²) in [6.07, 6.45) is 2.44. The Balaban J connectivity index is 1.95. The molecule has 0 bridgehead atoms. The molecular formula is C14H19NO3. The zero-order valence-electron chi connectivity index (χ0n) is 10.3. The number of benzene rings is 1. The first-order valence-corrected chi connectivity index (χ1v) is 6.39. The van der Waals surface area contributed by atoms with Crippen LogP contribution in [0.3, 0.4) is 0 Å². The molecule has 2 N–H and O–H groups in total. The van der Waals surface area contributed by atoms with Gasteiger partial charge in [0.05, 0.1) is 12.6 Å². The molecule has 0 aliphatic carbocycles. The average molecular weight is 249 g/mol. The van der Waals surface area contributed by atoms with Crippen LogP contribution in [0.2, 0.25) is 0 Å². The van der Waals surface area contributed by atoms with Crippen molar-refractivity contribution in [2.75, 3.05) is 13.2 Å². The predicted molar refractivity (Wildman–Crippen MR) is 68.0 cm³/mol. The van der Waals surface area contributed by atoms with Crippen LogP contribution in [0.25, 0.3) is 0 Å². The van der Waals surface area contributed by atoms with Crippen molar-refractivity contribution in [1.82, 2.24) is 5.32 Å². The fourth-order valence-corrected chi connectivity index (χ4v) is 2.13. The van der Waals surface area contributed by atoms with E-state index in [9.17, 15) is 9.90 Å². The van der Waals surface area contributed by atoms with E-state index in [1.807, 2.05) is 30.3 Å². The van der Waals surface area contributed by atoms with Crippen molar-refractivity contribution in [3.05, 3.63) is 35.9 Å². The second-order valence-corrected chi connectivity index (χ2v) is 4.51. The van der Waals surface area contributed by atoms with Gasteiger partial charge in [0.25, 0.3) is 0 Å². The Bertz CT molecular complexity index is 374. The van der Waals surface area contributed by atoms with E-state index in [-0.39, 0.29) is 24.7 Å². The third-order valence-corrected chi connectivity index (χ3v) is 3.17. The summed E-state index contributed by atoms with van der Waals surface area (Å²) in [5.41, 5.74) is 0.907. The maximum absolute atomic E-state index is 12.0. The molecule has 1 unspecified atom stereocenters. The second kappa shape index (κ2) is 6.52. The van der Waals surface area contributed by atoms with Gasteiger partial charge in [0, 0.05) is 6.61 Å². The number of nitrogens with one attached hydrogen (secondary N) is 1. The van der Waals surface area contributed by atoms with Gasteiger partial charge < -0.3 is 15.2 Å². The third kappa shape index (κ3) is 3.31. The standard InChI is InChI=1S/C14H19NO3/c16-10-12(11-6-2-1-3-7-11)15-14(17)13-8-4-5-9-18-13/h1-3,6-7,12-13,16H,4-5,8-10H2,(H,15,17)/t12-,13?/m0/s1. The van der Waals surface area contributed by atoms with Crippen molar-refractivity contribution in [2.45, 2.75) is 31.4 Å². The molecule has 1 aliphatic heterocycles. The molecule has 0 spiro atoms. The van der Waals surface area contributed by atoms with Crippen molar-refractivity contribution in [1.29, 1.82) is 0 Å². The normalized spacial score (nSPS) is 21.3. The Labute approximate surface area is 107 Å². The Morgan fingerprint density at radius 3 is 2.78 bits per heavy atom. The first kappa shape index (κ1) is 13.1. The van der Waals surface area contributed by atoms with E-state index in [0.717, 1.165) is 24.8 Å². The monoisotopic (exact) mass is 249 g/mol. The van der Waals surface area contributed by atoms with E-state index in [0.29, 0.717) is 6.61 Å². The van der Waals surface area contributed by atoms with E-state index in [4.69, 9.17) is 4.74 Å². The van der Waals surface area contributed by atoms with Gasteiger partial charge in [-0.15, -0.1) is 0 Å². The summed E-state index contributed by atoms with van der Waals surface area (Å²) in [5.74, 6) is -0.127. The molecule has 18 heavy (non-hydrogen) atoms. The number of aliphatic hydroxyl groups is 1. The molecule has 1 heterocycles. The number of aliphatic hydroxyl groups excluding tert-OH is 1. The minimum absolute atomic E-state index is 0.109. The molecule has 1 fully saturated rings. The highest BCUT2D eigenvalue weighted by Gasteiger charge is 2.24. The van der Waals surface area contributed by atoms with Gasteiger partial charge in [-0.3, -0.25) is 4.79 Å². The summed E-state index contributed by atoms with van der Waals surface area (Å²) in [4.78, 5) is 12.0. The number of ether oxygens (including phenoxy) is 1. The molecule has 1 saturated heterocycles. The Morgan fingerprint density at radius 1 is 1.39 bits per heavy atom. The lowest BCUT2D eigenvalue weighted by Crippen LogP contribution is -2.41. The fraction of sp³-hybridized carbons (Fsp3) is 0.500. The highest BCUT2D eigenvalue weighted by atomic mass is 16.5. The largest absolute Gasteiger partial charge is 0.394 e. The molecule has 1 aromatic rings. The van der Waals surface area contributed by atoms with Crippen molar-refractivity contribution in [2.24, 2.45) is 0 Å². The smallest absolute Gasteiger partial charge is 0.249 e. The van der Waals surface area contributed by atoms with E-state index in [2.05, 4.69) is 5.32 Å². The first-order valence-electron chi connectivity index (χ1n) is 6.39. The van der Waals surface area contributed by atoms with Crippen LogP contribution in [0.5, 0.6) is 0 Å². The van der Waals surface area contributed by atoms with Crippen LogP contribution in [0.4, 0.5) is 0 Å². The zero-order valence-corrected chi connectivity index (χ0v) is 10.3. The molecule has 4 heteroatoms. The zero-order chi connectivity index (χ0) is 12.8. The van der Waals surface area contributed by atoms with Gasteiger partial charge in [-0.05, 0) is 24.8 Å². The quantitative estimate of drug-likeness (QED) is 0.848. The van der Waals surface area contributed by atoms with Crippen LogP contribution in [-0.2, 0) is 9.53 Å². The molecule has 1 aromatic carbocycles. The highest BCUT2D eigenvalue weighted by molar-refractivity contribution is 5.81. The molecule has 0 saturated carbocycles. The van der Waals surface area contributed by atoms with Crippen LogP contribution >= 0.6 is 0 Å². The molecule has 1 aliphatic rings. The summed E-state index contributed by atoms with van der Waals surface area (Å²) in [6.45, 7) is 0.537. The van der Waals surface area contributed by atoms with Gasteiger partial charge in [0.15, 0.2) is 0 Å². The molecule has 2 atom stereocenters. The summed E-state index contributed by atoms with van der Waals surface area (Å²) < 4.78 is 5.43. The van der Waals surface area contributed by atoms with Crippen molar-refractivity contribution >= 4 is 5.91 Å². The Kier molecular flexibility index (Phi) is 4.73. The lowest BCUT2D eigenvalue weighted by atomic mass is 10.1. The summed E-state index contributed by atoms with van der Waals surface area (Å²) in [5, 5.41) is 12.2. The number of rotatable bonds is 4. The average Bonchev–Trinajstić information content (AvgIpc) is 2.46. The summed E-state index contributed by atoms with van der Waals surface area (Å²) in [6, 6.07) is 9.11. The van der Waals surface area contributed by atoms with Crippen LogP contribution in [0.15, 0.2) is 30.3 Å². The Morgan fingerprint density at radius 2 is 2.17 bits per heavy atom. The minimum atomic E-state index is -0.364. The van der Waals surface area contributed by atoms with Crippen molar-refractivity contribution < 1.29 is 14.6 Å². The van der Waals surface area contributed by atoms with Gasteiger partial charge in [0.2, 0.25) is 5.91 Å². The third-order valence-electron chi connectivity index (χ3n) is 3.17. The lowest BCUT2D eigenvalue weighted by molar-refractivity contribution is -0.136. The fourth-order valence-electron chi connectivity index (χ4n) is 2.13. The van der Waals surface area contributed by atoms with E-state index >= 15 is 0 Å². The minimum Gasteiger partial charge on any atom is -0.394 e. The second-order valence-electron chi connectivity index (χ2n) is 4.51. The van der Waals surface area contributed by atoms with Gasteiger partial charge >= 0.3 is 0 Å². The number of hydrogen-bond donors (Lipinski definition) is 2. The van der Waals surface area contributed by atoms with Crippen molar-refractivity contribution in [3.8, 4) is 0 Å². The lowest BCUT2D eigenvalue weighted by Gasteiger charge is -2.24. The highest BCUT2D eigenvalue weighted by Crippen LogP contribution is 2.16. The molecule has 98 valence electrons. The van der Waals surface area contributed by atoms with Crippen LogP contribution in [-0.4, -0.2) is 30.3 Å². The molecule has 4 nitrogen and oxygen atoms in total. The molecular weight excluding hydrogens is 230 g/mol. The number of hydrogen-bond acceptors (Lipinski definition) is 3. The SMILES string of the molecule is O=C(N[C@@H](CO)c1ccccc1)C1CCCCO1. The van der Waals surface area contributed by atoms with E-state index < -0.39 is 0 Å². The van der Waals surface area contributed by atoms with Gasteiger partial charge in [-0.1, -0.05) is 30.3 Å². The predicted octanol–water partition coefficient (Wildman–Crippen LogP) is 1.41.